The summed E-state index contributed by atoms with van der Waals surface area (Å²) in [5.74, 6) is 2.46. The Kier molecular flexibility index (Phi) is 8.15. The van der Waals surface area contributed by atoms with Crippen LogP contribution in [0.4, 0.5) is 5.82 Å². The number of pyridine rings is 1. The van der Waals surface area contributed by atoms with Crippen LogP contribution in [-0.4, -0.2) is 41.8 Å². The van der Waals surface area contributed by atoms with Crippen molar-refractivity contribution in [2.75, 3.05) is 24.5 Å². The van der Waals surface area contributed by atoms with Gasteiger partial charge in [-0.1, -0.05) is 16.8 Å². The first-order valence-corrected chi connectivity index (χ1v) is 9.28. The van der Waals surface area contributed by atoms with E-state index in [1.54, 1.807) is 6.20 Å². The van der Waals surface area contributed by atoms with Crippen molar-refractivity contribution >= 4 is 47.4 Å². The van der Waals surface area contributed by atoms with Gasteiger partial charge in [0, 0.05) is 37.4 Å². The van der Waals surface area contributed by atoms with Crippen molar-refractivity contribution in [3.63, 3.8) is 0 Å². The molecule has 3 heterocycles. The van der Waals surface area contributed by atoms with Gasteiger partial charge in [0.1, 0.15) is 11.6 Å². The van der Waals surface area contributed by atoms with E-state index < -0.39 is 0 Å². The maximum atomic E-state index is 6.27. The molecule has 9 heteroatoms. The minimum atomic E-state index is 0. The quantitative estimate of drug-likeness (QED) is 0.370. The molecular formula is C18H26ClIN6O. The summed E-state index contributed by atoms with van der Waals surface area (Å²) in [5.41, 5.74) is 1.93. The standard InChI is InChI=1S/C18H25ClN6O.HI/c1-4-20-18(22-10-15-12(2)24-26-13(15)3)23-14-7-9-25(11-14)17-16(19)6-5-8-21-17;/h5-6,8,14H,4,7,9-11H2,1-3H3,(H2,20,22,23);1H. The lowest BCUT2D eigenvalue weighted by atomic mass is 10.2. The van der Waals surface area contributed by atoms with Gasteiger partial charge in [0.25, 0.3) is 0 Å². The number of rotatable bonds is 5. The number of nitrogens with one attached hydrogen (secondary N) is 2. The van der Waals surface area contributed by atoms with Gasteiger partial charge < -0.3 is 20.1 Å². The monoisotopic (exact) mass is 504 g/mol. The molecule has 0 saturated carbocycles. The number of aromatic nitrogens is 2. The van der Waals surface area contributed by atoms with Gasteiger partial charge in [-0.05, 0) is 39.3 Å². The van der Waals surface area contributed by atoms with Gasteiger partial charge in [0.05, 0.1) is 17.3 Å². The molecule has 148 valence electrons. The lowest BCUT2D eigenvalue weighted by molar-refractivity contribution is 0.392. The van der Waals surface area contributed by atoms with E-state index in [4.69, 9.17) is 21.1 Å². The smallest absolute Gasteiger partial charge is 0.191 e. The van der Waals surface area contributed by atoms with E-state index in [2.05, 4.69) is 32.6 Å². The van der Waals surface area contributed by atoms with Crippen LogP contribution >= 0.6 is 35.6 Å². The Balaban J connectivity index is 0.00000261. The lowest BCUT2D eigenvalue weighted by Gasteiger charge is -2.20. The molecule has 1 aliphatic heterocycles. The Morgan fingerprint density at radius 3 is 2.93 bits per heavy atom. The average molecular weight is 505 g/mol. The Hall–Kier alpha value is -1.55. The van der Waals surface area contributed by atoms with Crippen molar-refractivity contribution < 1.29 is 4.52 Å². The fraction of sp³-hybridized carbons (Fsp3) is 0.500. The Morgan fingerprint density at radius 1 is 1.44 bits per heavy atom. The lowest BCUT2D eigenvalue weighted by Crippen LogP contribution is -2.44. The van der Waals surface area contributed by atoms with Crippen LogP contribution in [0.25, 0.3) is 0 Å². The second-order valence-electron chi connectivity index (χ2n) is 6.38. The molecule has 1 aliphatic rings. The second-order valence-corrected chi connectivity index (χ2v) is 6.79. The van der Waals surface area contributed by atoms with Crippen LogP contribution < -0.4 is 15.5 Å². The first-order chi connectivity index (χ1) is 12.6. The maximum Gasteiger partial charge on any atom is 0.191 e. The SMILES string of the molecule is CCNC(=NCc1c(C)noc1C)NC1CCN(c2ncccc2Cl)C1.I. The molecule has 0 radical (unpaired) electrons. The zero-order valence-electron chi connectivity index (χ0n) is 15.8. The summed E-state index contributed by atoms with van der Waals surface area (Å²) in [6.45, 7) is 9.00. The summed E-state index contributed by atoms with van der Waals surface area (Å²) in [6.07, 6.45) is 2.78. The van der Waals surface area contributed by atoms with Crippen LogP contribution in [0.1, 0.15) is 30.4 Å². The van der Waals surface area contributed by atoms with E-state index in [1.807, 2.05) is 26.0 Å². The number of aliphatic imine (C=N–C) groups is 1. The molecule has 0 spiro atoms. The number of nitrogens with zero attached hydrogens (tertiary/aromatic N) is 4. The van der Waals surface area contributed by atoms with Crippen molar-refractivity contribution in [2.24, 2.45) is 4.99 Å². The van der Waals surface area contributed by atoms with Crippen LogP contribution in [-0.2, 0) is 6.54 Å². The Bertz CT molecular complexity index is 761. The third kappa shape index (κ3) is 5.47. The van der Waals surface area contributed by atoms with Gasteiger partial charge >= 0.3 is 0 Å². The molecule has 0 amide bonds. The van der Waals surface area contributed by atoms with Gasteiger partial charge in [-0.3, -0.25) is 0 Å². The van der Waals surface area contributed by atoms with E-state index in [-0.39, 0.29) is 30.0 Å². The van der Waals surface area contributed by atoms with Crippen LogP contribution in [0.2, 0.25) is 5.02 Å². The topological polar surface area (TPSA) is 78.6 Å². The van der Waals surface area contributed by atoms with Crippen LogP contribution in [0.3, 0.4) is 0 Å². The highest BCUT2D eigenvalue weighted by atomic mass is 127. The van der Waals surface area contributed by atoms with Gasteiger partial charge in [-0.15, -0.1) is 24.0 Å². The van der Waals surface area contributed by atoms with Crippen molar-refractivity contribution in [3.05, 3.63) is 40.4 Å². The first kappa shape index (κ1) is 21.7. The minimum Gasteiger partial charge on any atom is -0.361 e. The summed E-state index contributed by atoms with van der Waals surface area (Å²) in [5, 5.41) is 11.5. The maximum absolute atomic E-state index is 6.27. The molecule has 0 aliphatic carbocycles. The van der Waals surface area contributed by atoms with Gasteiger partial charge in [-0.2, -0.15) is 0 Å². The van der Waals surface area contributed by atoms with E-state index in [0.29, 0.717) is 11.6 Å². The highest BCUT2D eigenvalue weighted by molar-refractivity contribution is 14.0. The predicted molar refractivity (Wildman–Crippen MR) is 119 cm³/mol. The molecule has 1 saturated heterocycles. The van der Waals surface area contributed by atoms with Crippen molar-refractivity contribution in [3.8, 4) is 0 Å². The number of aryl methyl sites for hydroxylation is 2. The molecule has 1 unspecified atom stereocenters. The molecule has 7 nitrogen and oxygen atoms in total. The summed E-state index contributed by atoms with van der Waals surface area (Å²) in [4.78, 5) is 11.3. The Labute approximate surface area is 182 Å². The molecule has 2 aromatic rings. The van der Waals surface area contributed by atoms with E-state index in [0.717, 1.165) is 54.9 Å². The summed E-state index contributed by atoms with van der Waals surface area (Å²) < 4.78 is 5.21. The summed E-state index contributed by atoms with van der Waals surface area (Å²) in [6, 6.07) is 4.01. The molecule has 1 atom stereocenters. The summed E-state index contributed by atoms with van der Waals surface area (Å²) in [7, 11) is 0. The molecular weight excluding hydrogens is 479 g/mol. The molecule has 0 bridgehead atoms. The van der Waals surface area contributed by atoms with E-state index in [9.17, 15) is 0 Å². The fourth-order valence-corrected chi connectivity index (χ4v) is 3.32. The predicted octanol–water partition coefficient (Wildman–Crippen LogP) is 3.29. The van der Waals surface area contributed by atoms with E-state index in [1.165, 1.54) is 0 Å². The largest absolute Gasteiger partial charge is 0.361 e. The number of halogens is 2. The third-order valence-corrected chi connectivity index (χ3v) is 4.78. The van der Waals surface area contributed by atoms with Gasteiger partial charge in [-0.25, -0.2) is 9.98 Å². The van der Waals surface area contributed by atoms with Crippen molar-refractivity contribution in [2.45, 2.75) is 39.8 Å². The molecule has 3 rings (SSSR count). The number of guanidine groups is 1. The van der Waals surface area contributed by atoms with Crippen LogP contribution in [0.15, 0.2) is 27.8 Å². The van der Waals surface area contributed by atoms with Crippen LogP contribution in [0.5, 0.6) is 0 Å². The van der Waals surface area contributed by atoms with Crippen molar-refractivity contribution in [1.29, 1.82) is 0 Å². The fourth-order valence-electron chi connectivity index (χ4n) is 3.08. The number of hydrogen-bond acceptors (Lipinski definition) is 5. The zero-order chi connectivity index (χ0) is 18.5. The molecule has 27 heavy (non-hydrogen) atoms. The highest BCUT2D eigenvalue weighted by Crippen LogP contribution is 2.25. The molecule has 2 aromatic heterocycles. The zero-order valence-corrected chi connectivity index (χ0v) is 18.9. The third-order valence-electron chi connectivity index (χ3n) is 4.49. The highest BCUT2D eigenvalue weighted by Gasteiger charge is 2.25. The minimum absolute atomic E-state index is 0. The van der Waals surface area contributed by atoms with Crippen LogP contribution in [0, 0.1) is 13.8 Å². The van der Waals surface area contributed by atoms with Gasteiger partial charge in [0.2, 0.25) is 0 Å². The summed E-state index contributed by atoms with van der Waals surface area (Å²) >= 11 is 6.27. The number of anilines is 1. The Morgan fingerprint density at radius 2 is 2.26 bits per heavy atom. The van der Waals surface area contributed by atoms with E-state index >= 15 is 0 Å². The van der Waals surface area contributed by atoms with Gasteiger partial charge in [0.15, 0.2) is 5.96 Å². The second kappa shape index (κ2) is 10.1. The molecule has 2 N–H and O–H groups in total. The normalized spacial score (nSPS) is 17.0. The average Bonchev–Trinajstić information content (AvgIpc) is 3.21. The number of hydrogen-bond donors (Lipinski definition) is 2. The molecule has 1 fully saturated rings. The molecule has 0 aromatic carbocycles. The van der Waals surface area contributed by atoms with Crippen molar-refractivity contribution in [1.82, 2.24) is 20.8 Å². The first-order valence-electron chi connectivity index (χ1n) is 8.90.